The van der Waals surface area contributed by atoms with Crippen molar-refractivity contribution in [3.05, 3.63) is 34.7 Å². The number of thioether (sulfide) groups is 1. The first kappa shape index (κ1) is 13.1. The van der Waals surface area contributed by atoms with Gasteiger partial charge in [-0.3, -0.25) is 9.69 Å². The molecule has 2 rings (SSSR count). The average molecular weight is 279 g/mol. The summed E-state index contributed by atoms with van der Waals surface area (Å²) in [6.07, 6.45) is 1.85. The second-order valence-electron chi connectivity index (χ2n) is 3.74. The Labute approximate surface area is 116 Å². The third-order valence-corrected chi connectivity index (χ3v) is 3.96. The molecule has 1 heterocycles. The van der Waals surface area contributed by atoms with E-state index in [1.807, 2.05) is 37.3 Å². The molecule has 0 spiro atoms. The molecule has 18 heavy (non-hydrogen) atoms. The Bertz CT molecular complexity index is 508. The Morgan fingerprint density at radius 3 is 2.56 bits per heavy atom. The molecule has 0 unspecified atom stereocenters. The lowest BCUT2D eigenvalue weighted by molar-refractivity contribution is -0.121. The lowest BCUT2D eigenvalue weighted by Gasteiger charge is -2.04. The molecule has 1 aliphatic rings. The van der Waals surface area contributed by atoms with E-state index in [1.54, 1.807) is 7.05 Å². The third kappa shape index (κ3) is 2.73. The van der Waals surface area contributed by atoms with Gasteiger partial charge in [-0.25, -0.2) is 0 Å². The topological polar surface area (TPSA) is 29.5 Å². The third-order valence-electron chi connectivity index (χ3n) is 2.48. The molecule has 94 valence electrons. The Morgan fingerprint density at radius 2 is 2.06 bits per heavy atom. The highest BCUT2D eigenvalue weighted by molar-refractivity contribution is 8.26. The van der Waals surface area contributed by atoms with E-state index in [0.29, 0.717) is 15.8 Å². The summed E-state index contributed by atoms with van der Waals surface area (Å²) in [5.74, 6) is 0.788. The van der Waals surface area contributed by atoms with Gasteiger partial charge in [-0.15, -0.1) is 0 Å². The predicted molar refractivity (Wildman–Crippen MR) is 78.5 cm³/mol. The SMILES string of the molecule is CCOc1ccc(/C=C2\SC(=S)N(C)C2=O)cc1. The van der Waals surface area contributed by atoms with Crippen molar-refractivity contribution in [3.63, 3.8) is 0 Å². The van der Waals surface area contributed by atoms with E-state index in [9.17, 15) is 4.79 Å². The maximum Gasteiger partial charge on any atom is 0.265 e. The fourth-order valence-electron chi connectivity index (χ4n) is 1.52. The van der Waals surface area contributed by atoms with Crippen LogP contribution in [0.25, 0.3) is 6.08 Å². The van der Waals surface area contributed by atoms with Crippen LogP contribution in [0.1, 0.15) is 12.5 Å². The Kier molecular flexibility index (Phi) is 4.04. The van der Waals surface area contributed by atoms with E-state index < -0.39 is 0 Å². The number of nitrogens with zero attached hydrogens (tertiary/aromatic N) is 1. The zero-order valence-corrected chi connectivity index (χ0v) is 11.8. The number of hydrogen-bond acceptors (Lipinski definition) is 4. The summed E-state index contributed by atoms with van der Waals surface area (Å²) in [4.78, 5) is 14.0. The monoisotopic (exact) mass is 279 g/mol. The van der Waals surface area contributed by atoms with E-state index >= 15 is 0 Å². The lowest BCUT2D eigenvalue weighted by Crippen LogP contribution is -2.22. The van der Waals surface area contributed by atoms with Gasteiger partial charge >= 0.3 is 0 Å². The molecule has 1 saturated heterocycles. The lowest BCUT2D eigenvalue weighted by atomic mass is 10.2. The summed E-state index contributed by atoms with van der Waals surface area (Å²) in [7, 11) is 1.69. The second-order valence-corrected chi connectivity index (χ2v) is 5.42. The molecule has 0 aliphatic carbocycles. The van der Waals surface area contributed by atoms with Gasteiger partial charge in [0.15, 0.2) is 0 Å². The molecule has 5 heteroatoms. The fourth-order valence-corrected chi connectivity index (χ4v) is 2.70. The summed E-state index contributed by atoms with van der Waals surface area (Å²) >= 11 is 6.40. The summed E-state index contributed by atoms with van der Waals surface area (Å²) in [5, 5.41) is 0. The second kappa shape index (κ2) is 5.54. The van der Waals surface area contributed by atoms with E-state index in [4.69, 9.17) is 17.0 Å². The van der Waals surface area contributed by atoms with Crippen LogP contribution in [-0.4, -0.2) is 28.8 Å². The first-order valence-corrected chi connectivity index (χ1v) is 6.78. The van der Waals surface area contributed by atoms with Crippen molar-refractivity contribution in [2.24, 2.45) is 0 Å². The van der Waals surface area contributed by atoms with Crippen LogP contribution in [-0.2, 0) is 4.79 Å². The highest BCUT2D eigenvalue weighted by Gasteiger charge is 2.28. The van der Waals surface area contributed by atoms with Crippen LogP contribution >= 0.6 is 24.0 Å². The van der Waals surface area contributed by atoms with E-state index in [2.05, 4.69) is 0 Å². The van der Waals surface area contributed by atoms with Crippen LogP contribution in [0.5, 0.6) is 5.75 Å². The van der Waals surface area contributed by atoms with Gasteiger partial charge < -0.3 is 4.74 Å². The summed E-state index contributed by atoms with van der Waals surface area (Å²) in [5.41, 5.74) is 0.965. The van der Waals surface area contributed by atoms with Crippen molar-refractivity contribution in [2.45, 2.75) is 6.92 Å². The molecule has 1 amide bonds. The van der Waals surface area contributed by atoms with Gasteiger partial charge in [0, 0.05) is 7.05 Å². The minimum absolute atomic E-state index is 0.0427. The first-order chi connectivity index (χ1) is 8.61. The molecule has 0 bridgehead atoms. The normalized spacial score (nSPS) is 17.7. The van der Waals surface area contributed by atoms with Gasteiger partial charge in [0.25, 0.3) is 5.91 Å². The largest absolute Gasteiger partial charge is 0.494 e. The maximum absolute atomic E-state index is 11.8. The molecule has 1 fully saturated rings. The molecule has 1 aromatic carbocycles. The van der Waals surface area contributed by atoms with E-state index in [0.717, 1.165) is 11.3 Å². The minimum atomic E-state index is -0.0427. The highest BCUT2D eigenvalue weighted by Crippen LogP contribution is 2.31. The molecule has 0 saturated carbocycles. The van der Waals surface area contributed by atoms with Gasteiger partial charge in [0.05, 0.1) is 11.5 Å². The Hall–Kier alpha value is -1.33. The van der Waals surface area contributed by atoms with Crippen molar-refractivity contribution in [3.8, 4) is 5.75 Å². The number of amides is 1. The average Bonchev–Trinajstić information content (AvgIpc) is 2.60. The van der Waals surface area contributed by atoms with Gasteiger partial charge in [-0.2, -0.15) is 0 Å². The van der Waals surface area contributed by atoms with Crippen molar-refractivity contribution >= 4 is 40.3 Å². The van der Waals surface area contributed by atoms with Gasteiger partial charge in [-0.1, -0.05) is 36.1 Å². The van der Waals surface area contributed by atoms with Crippen molar-refractivity contribution in [1.29, 1.82) is 0 Å². The van der Waals surface area contributed by atoms with Crippen molar-refractivity contribution < 1.29 is 9.53 Å². The number of benzene rings is 1. The number of carbonyl (C=O) groups excluding carboxylic acids is 1. The molecule has 1 aliphatic heterocycles. The predicted octanol–water partition coefficient (Wildman–Crippen LogP) is 2.92. The number of carbonyl (C=O) groups is 1. The summed E-state index contributed by atoms with van der Waals surface area (Å²) < 4.78 is 5.96. The van der Waals surface area contributed by atoms with Crippen LogP contribution in [0.2, 0.25) is 0 Å². The van der Waals surface area contributed by atoms with Crippen LogP contribution in [0.15, 0.2) is 29.2 Å². The number of likely N-dealkylation sites (N-methyl/N-ethyl adjacent to an activating group) is 1. The smallest absolute Gasteiger partial charge is 0.265 e. The molecule has 0 N–H and O–H groups in total. The number of thiocarbonyl (C=S) groups is 1. The van der Waals surface area contributed by atoms with Crippen LogP contribution in [0.4, 0.5) is 0 Å². The fraction of sp³-hybridized carbons (Fsp3) is 0.231. The van der Waals surface area contributed by atoms with Crippen molar-refractivity contribution in [1.82, 2.24) is 4.90 Å². The molecule has 1 aromatic rings. The minimum Gasteiger partial charge on any atom is -0.494 e. The molecule has 0 atom stereocenters. The van der Waals surface area contributed by atoms with Crippen LogP contribution in [0.3, 0.4) is 0 Å². The summed E-state index contributed by atoms with van der Waals surface area (Å²) in [6, 6.07) is 7.63. The zero-order valence-electron chi connectivity index (χ0n) is 10.2. The van der Waals surface area contributed by atoms with E-state index in [1.165, 1.54) is 16.7 Å². The molecule has 3 nitrogen and oxygen atoms in total. The molecular weight excluding hydrogens is 266 g/mol. The van der Waals surface area contributed by atoms with Crippen LogP contribution in [0, 0.1) is 0 Å². The molecule has 0 aromatic heterocycles. The Balaban J connectivity index is 2.18. The van der Waals surface area contributed by atoms with Gasteiger partial charge in [-0.05, 0) is 30.7 Å². The van der Waals surface area contributed by atoms with E-state index in [-0.39, 0.29) is 5.91 Å². The van der Waals surface area contributed by atoms with Gasteiger partial charge in [0.1, 0.15) is 10.1 Å². The standard InChI is InChI=1S/C13H13NO2S2/c1-3-16-10-6-4-9(5-7-10)8-11-12(15)14(2)13(17)18-11/h4-8H,3H2,1-2H3/b11-8-. The zero-order chi connectivity index (χ0) is 13.1. The highest BCUT2D eigenvalue weighted by atomic mass is 32.2. The molecule has 0 radical (unpaired) electrons. The number of ether oxygens (including phenoxy) is 1. The van der Waals surface area contributed by atoms with Crippen LogP contribution < -0.4 is 4.74 Å². The Morgan fingerprint density at radius 1 is 1.39 bits per heavy atom. The maximum atomic E-state index is 11.8. The first-order valence-electron chi connectivity index (χ1n) is 5.56. The summed E-state index contributed by atoms with van der Waals surface area (Å²) in [6.45, 7) is 2.59. The number of hydrogen-bond donors (Lipinski definition) is 0. The van der Waals surface area contributed by atoms with Gasteiger partial charge in [0.2, 0.25) is 0 Å². The molecular formula is C13H13NO2S2. The van der Waals surface area contributed by atoms with Crippen molar-refractivity contribution in [2.75, 3.05) is 13.7 Å². The quantitative estimate of drug-likeness (QED) is 0.628. The number of rotatable bonds is 3.